The lowest BCUT2D eigenvalue weighted by Crippen LogP contribution is -2.22. The van der Waals surface area contributed by atoms with Crippen LogP contribution in [0.25, 0.3) is 0 Å². The fraction of sp³-hybridized carbons (Fsp3) is 0.286. The van der Waals surface area contributed by atoms with Crippen molar-refractivity contribution in [3.63, 3.8) is 0 Å². The number of fused-ring (bicyclic) bond motifs is 1. The van der Waals surface area contributed by atoms with E-state index in [9.17, 15) is 4.79 Å². The fourth-order valence-electron chi connectivity index (χ4n) is 1.94. The average Bonchev–Trinajstić information content (AvgIpc) is 2.91. The second kappa shape index (κ2) is 5.24. The number of aromatic nitrogens is 1. The number of carbonyl (C=O) groups excluding carboxylic acids is 1. The van der Waals surface area contributed by atoms with E-state index in [-0.39, 0.29) is 11.7 Å². The molecule has 1 aliphatic rings. The summed E-state index contributed by atoms with van der Waals surface area (Å²) >= 11 is 0. The Kier molecular flexibility index (Phi) is 3.28. The number of hydrogen-bond acceptors (Lipinski definition) is 5. The van der Waals surface area contributed by atoms with Crippen molar-refractivity contribution in [2.24, 2.45) is 0 Å². The molecule has 20 heavy (non-hydrogen) atoms. The first-order valence-electron chi connectivity index (χ1n) is 6.32. The van der Waals surface area contributed by atoms with Crippen LogP contribution in [0.15, 0.2) is 28.8 Å². The standard InChI is InChI=1S/C14H14N2O4/c1-9-6-13(20-16-9)14(17)15-8-10-2-3-11-12(7-10)19-5-4-18-11/h2-3,6-7H,4-5,8H2,1H3,(H,15,17). The highest BCUT2D eigenvalue weighted by Gasteiger charge is 2.14. The number of hydrogen-bond donors (Lipinski definition) is 1. The van der Waals surface area contributed by atoms with Gasteiger partial charge in [0.2, 0.25) is 5.76 Å². The smallest absolute Gasteiger partial charge is 0.290 e. The van der Waals surface area contributed by atoms with E-state index in [1.165, 1.54) is 0 Å². The van der Waals surface area contributed by atoms with Gasteiger partial charge in [0.25, 0.3) is 5.91 Å². The molecule has 0 unspecified atom stereocenters. The predicted octanol–water partition coefficient (Wildman–Crippen LogP) is 1.68. The minimum Gasteiger partial charge on any atom is -0.486 e. The predicted molar refractivity (Wildman–Crippen MR) is 69.8 cm³/mol. The second-order valence-electron chi connectivity index (χ2n) is 4.49. The Bertz CT molecular complexity index is 636. The van der Waals surface area contributed by atoms with E-state index in [0.717, 1.165) is 11.3 Å². The summed E-state index contributed by atoms with van der Waals surface area (Å²) in [6, 6.07) is 7.19. The number of aryl methyl sites for hydroxylation is 1. The van der Waals surface area contributed by atoms with Gasteiger partial charge in [-0.2, -0.15) is 0 Å². The molecule has 1 aliphatic heterocycles. The Morgan fingerprint density at radius 2 is 2.05 bits per heavy atom. The molecule has 0 aliphatic carbocycles. The number of nitrogens with one attached hydrogen (secondary N) is 1. The van der Waals surface area contributed by atoms with Gasteiger partial charge in [0.05, 0.1) is 5.69 Å². The van der Waals surface area contributed by atoms with E-state index >= 15 is 0 Å². The molecule has 0 bridgehead atoms. The largest absolute Gasteiger partial charge is 0.486 e. The first-order chi connectivity index (χ1) is 9.72. The Hall–Kier alpha value is -2.50. The molecule has 3 rings (SSSR count). The minimum absolute atomic E-state index is 0.208. The Labute approximate surface area is 115 Å². The van der Waals surface area contributed by atoms with Gasteiger partial charge in [-0.05, 0) is 24.6 Å². The first kappa shape index (κ1) is 12.5. The van der Waals surface area contributed by atoms with Crippen molar-refractivity contribution >= 4 is 5.91 Å². The third-order valence-electron chi connectivity index (χ3n) is 2.91. The van der Waals surface area contributed by atoms with Crippen LogP contribution in [0.3, 0.4) is 0 Å². The monoisotopic (exact) mass is 274 g/mol. The highest BCUT2D eigenvalue weighted by molar-refractivity contribution is 5.91. The maximum Gasteiger partial charge on any atom is 0.290 e. The lowest BCUT2D eigenvalue weighted by atomic mass is 10.2. The molecule has 2 heterocycles. The van der Waals surface area contributed by atoms with E-state index in [1.54, 1.807) is 13.0 Å². The van der Waals surface area contributed by atoms with E-state index in [1.807, 2.05) is 18.2 Å². The Balaban J connectivity index is 1.65. The molecule has 1 aromatic heterocycles. The van der Waals surface area contributed by atoms with Crippen LogP contribution in [0.2, 0.25) is 0 Å². The zero-order valence-electron chi connectivity index (χ0n) is 11.0. The van der Waals surface area contributed by atoms with E-state index in [2.05, 4.69) is 10.5 Å². The maximum atomic E-state index is 11.8. The van der Waals surface area contributed by atoms with Crippen molar-refractivity contribution in [2.45, 2.75) is 13.5 Å². The van der Waals surface area contributed by atoms with Crippen LogP contribution in [-0.4, -0.2) is 24.3 Å². The molecule has 0 atom stereocenters. The molecule has 0 saturated carbocycles. The molecule has 104 valence electrons. The lowest BCUT2D eigenvalue weighted by molar-refractivity contribution is 0.0914. The second-order valence-corrected chi connectivity index (χ2v) is 4.49. The normalized spacial score (nSPS) is 13.1. The number of benzene rings is 1. The number of carbonyl (C=O) groups is 1. The van der Waals surface area contributed by atoms with Crippen LogP contribution in [0.5, 0.6) is 11.5 Å². The van der Waals surface area contributed by atoms with Gasteiger partial charge in [-0.25, -0.2) is 0 Å². The molecular formula is C14H14N2O4. The molecule has 1 amide bonds. The summed E-state index contributed by atoms with van der Waals surface area (Å²) in [5.41, 5.74) is 1.60. The number of amides is 1. The average molecular weight is 274 g/mol. The number of ether oxygens (including phenoxy) is 2. The molecule has 0 saturated heterocycles. The number of rotatable bonds is 3. The van der Waals surface area contributed by atoms with Gasteiger partial charge in [0.15, 0.2) is 11.5 Å². The third-order valence-corrected chi connectivity index (χ3v) is 2.91. The molecule has 0 fully saturated rings. The molecule has 0 radical (unpaired) electrons. The zero-order valence-corrected chi connectivity index (χ0v) is 11.0. The molecule has 6 nitrogen and oxygen atoms in total. The molecular weight excluding hydrogens is 260 g/mol. The molecule has 2 aromatic rings. The van der Waals surface area contributed by atoms with Crippen LogP contribution in [0, 0.1) is 6.92 Å². The van der Waals surface area contributed by atoms with Crippen LogP contribution < -0.4 is 14.8 Å². The van der Waals surface area contributed by atoms with E-state index in [0.29, 0.717) is 31.2 Å². The summed E-state index contributed by atoms with van der Waals surface area (Å²) < 4.78 is 15.8. The first-order valence-corrected chi connectivity index (χ1v) is 6.32. The summed E-state index contributed by atoms with van der Waals surface area (Å²) in [4.78, 5) is 11.8. The highest BCUT2D eigenvalue weighted by Crippen LogP contribution is 2.30. The van der Waals surface area contributed by atoms with Crippen molar-refractivity contribution in [1.29, 1.82) is 0 Å². The molecule has 1 N–H and O–H groups in total. The van der Waals surface area contributed by atoms with Gasteiger partial charge in [-0.15, -0.1) is 0 Å². The Morgan fingerprint density at radius 3 is 2.80 bits per heavy atom. The van der Waals surface area contributed by atoms with Crippen molar-refractivity contribution < 1.29 is 18.8 Å². The van der Waals surface area contributed by atoms with Gasteiger partial charge < -0.3 is 19.3 Å². The van der Waals surface area contributed by atoms with Gasteiger partial charge in [-0.3, -0.25) is 4.79 Å². The van der Waals surface area contributed by atoms with E-state index < -0.39 is 0 Å². The maximum absolute atomic E-state index is 11.8. The van der Waals surface area contributed by atoms with Crippen molar-refractivity contribution in [3.05, 3.63) is 41.3 Å². The third kappa shape index (κ3) is 2.59. The van der Waals surface area contributed by atoms with Gasteiger partial charge in [0, 0.05) is 12.6 Å². The summed E-state index contributed by atoms with van der Waals surface area (Å²) in [5.74, 6) is 1.36. The topological polar surface area (TPSA) is 73.6 Å². The minimum atomic E-state index is -0.291. The van der Waals surface area contributed by atoms with Crippen LogP contribution in [0.1, 0.15) is 21.8 Å². The fourth-order valence-corrected chi connectivity index (χ4v) is 1.94. The van der Waals surface area contributed by atoms with Gasteiger partial charge in [-0.1, -0.05) is 11.2 Å². The van der Waals surface area contributed by atoms with Crippen molar-refractivity contribution in [3.8, 4) is 11.5 Å². The number of nitrogens with zero attached hydrogens (tertiary/aromatic N) is 1. The summed E-state index contributed by atoms with van der Waals surface area (Å²) in [5, 5.41) is 6.44. The van der Waals surface area contributed by atoms with Crippen molar-refractivity contribution in [2.75, 3.05) is 13.2 Å². The zero-order chi connectivity index (χ0) is 13.9. The van der Waals surface area contributed by atoms with Gasteiger partial charge in [0.1, 0.15) is 13.2 Å². The summed E-state index contributed by atoms with van der Waals surface area (Å²) in [6.45, 7) is 3.25. The highest BCUT2D eigenvalue weighted by atomic mass is 16.6. The van der Waals surface area contributed by atoms with Crippen LogP contribution >= 0.6 is 0 Å². The molecule has 0 spiro atoms. The summed E-state index contributed by atoms with van der Waals surface area (Å²) in [7, 11) is 0. The van der Waals surface area contributed by atoms with Gasteiger partial charge >= 0.3 is 0 Å². The van der Waals surface area contributed by atoms with Crippen LogP contribution in [0.4, 0.5) is 0 Å². The van der Waals surface area contributed by atoms with Crippen LogP contribution in [-0.2, 0) is 6.54 Å². The quantitative estimate of drug-likeness (QED) is 0.921. The molecule has 6 heteroatoms. The Morgan fingerprint density at radius 1 is 1.25 bits per heavy atom. The SMILES string of the molecule is Cc1cc(C(=O)NCc2ccc3c(c2)OCCO3)on1. The lowest BCUT2D eigenvalue weighted by Gasteiger charge is -2.18. The molecule has 1 aromatic carbocycles. The summed E-state index contributed by atoms with van der Waals surface area (Å²) in [6.07, 6.45) is 0. The van der Waals surface area contributed by atoms with E-state index in [4.69, 9.17) is 14.0 Å². The van der Waals surface area contributed by atoms with Crippen molar-refractivity contribution in [1.82, 2.24) is 10.5 Å².